The van der Waals surface area contributed by atoms with Crippen molar-refractivity contribution in [2.75, 3.05) is 0 Å². The Kier molecular flexibility index (Phi) is 2.96. The van der Waals surface area contributed by atoms with Crippen LogP contribution in [0.2, 0.25) is 0 Å². The largest absolute Gasteiger partial charge is 0.321 e. The molecule has 0 spiro atoms. The van der Waals surface area contributed by atoms with E-state index in [0.29, 0.717) is 17.6 Å². The second-order valence-electron chi connectivity index (χ2n) is 4.06. The average molecular weight is 217 g/mol. The van der Waals surface area contributed by atoms with Crippen LogP contribution in [0.1, 0.15) is 25.7 Å². The Balaban J connectivity index is 2.27. The summed E-state index contributed by atoms with van der Waals surface area (Å²) in [6.07, 6.45) is 3.45. The molecule has 2 rings (SSSR count). The Hall–Kier alpha value is -1.75. The first-order valence-corrected chi connectivity index (χ1v) is 5.26. The van der Waals surface area contributed by atoms with Gasteiger partial charge < -0.3 is 5.73 Å². The molecule has 0 bridgehead atoms. The minimum absolute atomic E-state index is 0.113. The van der Waals surface area contributed by atoms with E-state index in [2.05, 4.69) is 34.0 Å². The smallest absolute Gasteiger partial charge is 0.182 e. The van der Waals surface area contributed by atoms with Crippen LogP contribution in [0.15, 0.2) is 24.5 Å². The molecular weight excluding hydrogens is 202 g/mol. The highest BCUT2D eigenvalue weighted by molar-refractivity contribution is 5.52. The lowest BCUT2D eigenvalue weighted by Crippen LogP contribution is -2.18. The van der Waals surface area contributed by atoms with Gasteiger partial charge in [-0.3, -0.25) is 10.1 Å². The molecule has 0 saturated heterocycles. The molecule has 2 aromatic rings. The number of nitrogens with zero attached hydrogens (tertiary/aromatic N) is 3. The molecule has 2 heterocycles. The summed E-state index contributed by atoms with van der Waals surface area (Å²) in [5.74, 6) is 1.68. The lowest BCUT2D eigenvalue weighted by molar-refractivity contribution is 0.492. The monoisotopic (exact) mass is 217 g/mol. The molecule has 2 aromatic heterocycles. The van der Waals surface area contributed by atoms with Gasteiger partial charge >= 0.3 is 0 Å². The molecule has 0 aliphatic heterocycles. The maximum absolute atomic E-state index is 5.98. The fourth-order valence-electron chi connectivity index (χ4n) is 1.36. The topological polar surface area (TPSA) is 80.5 Å². The Bertz CT molecular complexity index is 448. The summed E-state index contributed by atoms with van der Waals surface area (Å²) in [4.78, 5) is 8.40. The van der Waals surface area contributed by atoms with Crippen molar-refractivity contribution in [3.63, 3.8) is 0 Å². The first-order chi connectivity index (χ1) is 7.68. The molecule has 1 atom stereocenters. The normalized spacial score (nSPS) is 13.0. The van der Waals surface area contributed by atoms with Crippen molar-refractivity contribution in [2.24, 2.45) is 11.7 Å². The molecule has 0 fully saturated rings. The van der Waals surface area contributed by atoms with Crippen LogP contribution in [-0.2, 0) is 0 Å². The maximum Gasteiger partial charge on any atom is 0.182 e. The molecule has 0 aliphatic rings. The number of hydrogen-bond acceptors (Lipinski definition) is 4. The summed E-state index contributed by atoms with van der Waals surface area (Å²) in [7, 11) is 0. The summed E-state index contributed by atoms with van der Waals surface area (Å²) in [6, 6.07) is 3.66. The molecule has 0 aromatic carbocycles. The Morgan fingerprint density at radius 1 is 1.38 bits per heavy atom. The van der Waals surface area contributed by atoms with E-state index in [4.69, 9.17) is 5.73 Å². The maximum atomic E-state index is 5.98. The van der Waals surface area contributed by atoms with Gasteiger partial charge in [0.1, 0.15) is 5.82 Å². The van der Waals surface area contributed by atoms with E-state index in [9.17, 15) is 0 Å². The van der Waals surface area contributed by atoms with Gasteiger partial charge in [-0.15, -0.1) is 0 Å². The number of rotatable bonds is 3. The third-order valence-corrected chi connectivity index (χ3v) is 2.46. The lowest BCUT2D eigenvalue weighted by atomic mass is 10.1. The lowest BCUT2D eigenvalue weighted by Gasteiger charge is -2.10. The first kappa shape index (κ1) is 10.8. The number of nitrogens with one attached hydrogen (secondary N) is 1. The first-order valence-electron chi connectivity index (χ1n) is 5.26. The second kappa shape index (κ2) is 4.40. The van der Waals surface area contributed by atoms with Crippen molar-refractivity contribution < 1.29 is 0 Å². The summed E-state index contributed by atoms with van der Waals surface area (Å²) in [5, 5.41) is 7.01. The molecule has 0 saturated carbocycles. The van der Waals surface area contributed by atoms with E-state index in [1.165, 1.54) is 0 Å². The SMILES string of the molecule is CC(C)[C@@H](N)c1nc(-c2cccnc2)n[nH]1. The van der Waals surface area contributed by atoms with E-state index >= 15 is 0 Å². The zero-order chi connectivity index (χ0) is 11.5. The van der Waals surface area contributed by atoms with E-state index < -0.39 is 0 Å². The van der Waals surface area contributed by atoms with Gasteiger partial charge in [-0.2, -0.15) is 5.10 Å². The standard InChI is InChI=1S/C11H15N5/c1-7(2)9(12)11-14-10(15-16-11)8-4-3-5-13-6-8/h3-7,9H,12H2,1-2H3,(H,14,15,16)/t9-/m1/s1. The van der Waals surface area contributed by atoms with Crippen LogP contribution < -0.4 is 5.73 Å². The molecule has 0 aliphatic carbocycles. The molecule has 84 valence electrons. The third kappa shape index (κ3) is 2.09. The van der Waals surface area contributed by atoms with E-state index in [-0.39, 0.29) is 6.04 Å². The Morgan fingerprint density at radius 2 is 2.19 bits per heavy atom. The molecule has 0 radical (unpaired) electrons. The van der Waals surface area contributed by atoms with E-state index in [1.54, 1.807) is 12.4 Å². The highest BCUT2D eigenvalue weighted by atomic mass is 15.2. The van der Waals surface area contributed by atoms with Gasteiger partial charge in [0.05, 0.1) is 6.04 Å². The van der Waals surface area contributed by atoms with Crippen LogP contribution in [-0.4, -0.2) is 20.2 Å². The summed E-state index contributed by atoms with van der Waals surface area (Å²) in [6.45, 7) is 4.11. The molecular formula is C11H15N5. The molecule has 5 heteroatoms. The van der Waals surface area contributed by atoms with Crippen molar-refractivity contribution in [2.45, 2.75) is 19.9 Å². The van der Waals surface area contributed by atoms with Gasteiger partial charge in [0.2, 0.25) is 0 Å². The average Bonchev–Trinajstić information content (AvgIpc) is 2.78. The van der Waals surface area contributed by atoms with Crippen molar-refractivity contribution in [3.05, 3.63) is 30.4 Å². The van der Waals surface area contributed by atoms with Crippen LogP contribution in [0.4, 0.5) is 0 Å². The predicted molar refractivity (Wildman–Crippen MR) is 61.4 cm³/mol. The molecule has 3 N–H and O–H groups in total. The van der Waals surface area contributed by atoms with Crippen molar-refractivity contribution in [1.82, 2.24) is 20.2 Å². The predicted octanol–water partition coefficient (Wildman–Crippen LogP) is 1.52. The van der Waals surface area contributed by atoms with Gasteiger partial charge in [-0.1, -0.05) is 13.8 Å². The van der Waals surface area contributed by atoms with Crippen LogP contribution >= 0.6 is 0 Å². The van der Waals surface area contributed by atoms with E-state index in [1.807, 2.05) is 12.1 Å². The van der Waals surface area contributed by atoms with Gasteiger partial charge in [0, 0.05) is 18.0 Å². The molecule has 5 nitrogen and oxygen atoms in total. The van der Waals surface area contributed by atoms with Gasteiger partial charge in [0.15, 0.2) is 5.82 Å². The number of pyridine rings is 1. The zero-order valence-corrected chi connectivity index (χ0v) is 9.38. The molecule has 0 amide bonds. The fraction of sp³-hybridized carbons (Fsp3) is 0.364. The molecule has 16 heavy (non-hydrogen) atoms. The number of aromatic nitrogens is 4. The number of aromatic amines is 1. The van der Waals surface area contributed by atoms with Crippen LogP contribution in [0.5, 0.6) is 0 Å². The number of hydrogen-bond donors (Lipinski definition) is 2. The van der Waals surface area contributed by atoms with Crippen LogP contribution in [0, 0.1) is 5.92 Å². The quantitative estimate of drug-likeness (QED) is 0.816. The minimum Gasteiger partial charge on any atom is -0.321 e. The van der Waals surface area contributed by atoms with Gasteiger partial charge in [0.25, 0.3) is 0 Å². The summed E-state index contributed by atoms with van der Waals surface area (Å²) in [5.41, 5.74) is 6.87. The zero-order valence-electron chi connectivity index (χ0n) is 9.38. The van der Waals surface area contributed by atoms with Gasteiger partial charge in [-0.05, 0) is 18.1 Å². The number of H-pyrrole nitrogens is 1. The minimum atomic E-state index is -0.113. The second-order valence-corrected chi connectivity index (χ2v) is 4.06. The third-order valence-electron chi connectivity index (χ3n) is 2.46. The van der Waals surface area contributed by atoms with Crippen molar-refractivity contribution in [1.29, 1.82) is 0 Å². The Morgan fingerprint density at radius 3 is 2.81 bits per heavy atom. The van der Waals surface area contributed by atoms with Gasteiger partial charge in [-0.25, -0.2) is 4.98 Å². The molecule has 0 unspecified atom stereocenters. The fourth-order valence-corrected chi connectivity index (χ4v) is 1.36. The van der Waals surface area contributed by atoms with Crippen molar-refractivity contribution in [3.8, 4) is 11.4 Å². The van der Waals surface area contributed by atoms with Crippen molar-refractivity contribution >= 4 is 0 Å². The summed E-state index contributed by atoms with van der Waals surface area (Å²) < 4.78 is 0. The summed E-state index contributed by atoms with van der Waals surface area (Å²) >= 11 is 0. The van der Waals surface area contributed by atoms with E-state index in [0.717, 1.165) is 5.56 Å². The van der Waals surface area contributed by atoms with Crippen LogP contribution in [0.3, 0.4) is 0 Å². The highest BCUT2D eigenvalue weighted by Gasteiger charge is 2.15. The Labute approximate surface area is 94.1 Å². The van der Waals surface area contributed by atoms with Crippen LogP contribution in [0.25, 0.3) is 11.4 Å². The number of nitrogens with two attached hydrogens (primary N) is 1. The highest BCUT2D eigenvalue weighted by Crippen LogP contribution is 2.18.